The van der Waals surface area contributed by atoms with E-state index in [1.165, 1.54) is 32.1 Å². The molecule has 1 aromatic carbocycles. The number of amides is 2. The van der Waals surface area contributed by atoms with Crippen LogP contribution in [-0.4, -0.2) is 47.8 Å². The van der Waals surface area contributed by atoms with Gasteiger partial charge >= 0.3 is 0 Å². The monoisotopic (exact) mass is 388 g/mol. The van der Waals surface area contributed by atoms with Crippen molar-refractivity contribution in [3.8, 4) is 0 Å². The molecule has 0 bridgehead atoms. The van der Waals surface area contributed by atoms with Gasteiger partial charge < -0.3 is 9.80 Å². The number of likely N-dealkylation sites (tertiary alicyclic amines) is 2. The lowest BCUT2D eigenvalue weighted by molar-refractivity contribution is -0.140. The molecule has 1 saturated carbocycles. The summed E-state index contributed by atoms with van der Waals surface area (Å²) in [6.45, 7) is 3.23. The number of halogens is 1. The highest BCUT2D eigenvalue weighted by Crippen LogP contribution is 2.37. The number of hydrogen-bond donors (Lipinski definition) is 0. The fourth-order valence-corrected chi connectivity index (χ4v) is 5.29. The van der Waals surface area contributed by atoms with Crippen LogP contribution in [0.4, 0.5) is 0 Å². The van der Waals surface area contributed by atoms with Gasteiger partial charge in [-0.1, -0.05) is 30.9 Å². The molecule has 2 saturated heterocycles. The Hall–Kier alpha value is -1.55. The summed E-state index contributed by atoms with van der Waals surface area (Å²) in [4.78, 5) is 29.7. The standard InChI is InChI=1S/C22H29ClN2O2/c23-20-7-5-17(6-8-20)21(26)24-12-10-18(11-13-24)22(27)25-14-9-16-3-1-2-4-19(16)15-25/h5-8,16,18-19H,1-4,9-15H2/t16-,19+/m0/s1. The molecule has 0 unspecified atom stereocenters. The Bertz CT molecular complexity index is 682. The fourth-order valence-electron chi connectivity index (χ4n) is 5.16. The number of carbonyl (C=O) groups excluding carboxylic acids is 2. The van der Waals surface area contributed by atoms with Crippen molar-refractivity contribution in [2.24, 2.45) is 17.8 Å². The molecule has 2 heterocycles. The first-order valence-corrected chi connectivity index (χ1v) is 10.8. The van der Waals surface area contributed by atoms with Crippen molar-refractivity contribution >= 4 is 23.4 Å². The summed E-state index contributed by atoms with van der Waals surface area (Å²) in [5, 5.41) is 0.637. The van der Waals surface area contributed by atoms with Gasteiger partial charge in [-0.15, -0.1) is 0 Å². The van der Waals surface area contributed by atoms with Gasteiger partial charge in [0.2, 0.25) is 5.91 Å². The van der Waals surface area contributed by atoms with Gasteiger partial charge in [0, 0.05) is 42.7 Å². The molecule has 2 aliphatic heterocycles. The number of nitrogens with zero attached hydrogens (tertiary/aromatic N) is 2. The van der Waals surface area contributed by atoms with Crippen LogP contribution in [0.5, 0.6) is 0 Å². The van der Waals surface area contributed by atoms with Crippen LogP contribution in [0, 0.1) is 17.8 Å². The van der Waals surface area contributed by atoms with Gasteiger partial charge in [0.25, 0.3) is 5.91 Å². The van der Waals surface area contributed by atoms with Crippen molar-refractivity contribution in [2.45, 2.75) is 44.9 Å². The molecule has 0 aromatic heterocycles. The van der Waals surface area contributed by atoms with Crippen molar-refractivity contribution < 1.29 is 9.59 Å². The van der Waals surface area contributed by atoms with Crippen LogP contribution >= 0.6 is 11.6 Å². The minimum absolute atomic E-state index is 0.0422. The number of rotatable bonds is 2. The van der Waals surface area contributed by atoms with Gasteiger partial charge in [0.1, 0.15) is 0 Å². The molecule has 2 atom stereocenters. The molecule has 3 fully saturated rings. The van der Waals surface area contributed by atoms with Crippen LogP contribution in [0.25, 0.3) is 0 Å². The zero-order valence-electron chi connectivity index (χ0n) is 15.9. The third kappa shape index (κ3) is 4.16. The second-order valence-electron chi connectivity index (χ2n) is 8.45. The lowest BCUT2D eigenvalue weighted by Crippen LogP contribution is -2.49. The summed E-state index contributed by atoms with van der Waals surface area (Å²) >= 11 is 5.91. The minimum atomic E-state index is 0.0422. The van der Waals surface area contributed by atoms with E-state index in [1.54, 1.807) is 24.3 Å². The van der Waals surface area contributed by atoms with E-state index < -0.39 is 0 Å². The minimum Gasteiger partial charge on any atom is -0.342 e. The molecule has 146 valence electrons. The Balaban J connectivity index is 1.30. The molecule has 1 aliphatic carbocycles. The molecule has 27 heavy (non-hydrogen) atoms. The van der Waals surface area contributed by atoms with Crippen LogP contribution < -0.4 is 0 Å². The van der Waals surface area contributed by atoms with E-state index in [9.17, 15) is 9.59 Å². The summed E-state index contributed by atoms with van der Waals surface area (Å²) in [6, 6.07) is 7.05. The molecule has 0 radical (unpaired) electrons. The fraction of sp³-hybridized carbons (Fsp3) is 0.636. The molecule has 1 aromatic rings. The van der Waals surface area contributed by atoms with Crippen LogP contribution in [0.15, 0.2) is 24.3 Å². The van der Waals surface area contributed by atoms with E-state index in [4.69, 9.17) is 11.6 Å². The van der Waals surface area contributed by atoms with E-state index in [2.05, 4.69) is 4.90 Å². The zero-order chi connectivity index (χ0) is 18.8. The van der Waals surface area contributed by atoms with Crippen LogP contribution in [-0.2, 0) is 4.79 Å². The van der Waals surface area contributed by atoms with Crippen molar-refractivity contribution in [3.63, 3.8) is 0 Å². The van der Waals surface area contributed by atoms with Gasteiger partial charge in [-0.2, -0.15) is 0 Å². The van der Waals surface area contributed by atoms with Gasteiger partial charge in [-0.25, -0.2) is 0 Å². The van der Waals surface area contributed by atoms with Crippen LogP contribution in [0.3, 0.4) is 0 Å². The number of piperidine rings is 2. The van der Waals surface area contributed by atoms with E-state index in [0.717, 1.165) is 37.8 Å². The second-order valence-corrected chi connectivity index (χ2v) is 8.89. The van der Waals surface area contributed by atoms with E-state index in [0.29, 0.717) is 29.6 Å². The number of fused-ring (bicyclic) bond motifs is 1. The molecule has 0 spiro atoms. The highest BCUT2D eigenvalue weighted by Gasteiger charge is 2.36. The van der Waals surface area contributed by atoms with Gasteiger partial charge in [0.15, 0.2) is 0 Å². The average molecular weight is 389 g/mol. The largest absolute Gasteiger partial charge is 0.342 e. The molecule has 4 nitrogen and oxygen atoms in total. The Labute approximate surface area is 166 Å². The maximum atomic E-state index is 13.0. The van der Waals surface area contributed by atoms with Crippen LogP contribution in [0.2, 0.25) is 5.02 Å². The molecule has 2 amide bonds. The highest BCUT2D eigenvalue weighted by atomic mass is 35.5. The molecule has 3 aliphatic rings. The van der Waals surface area contributed by atoms with Crippen molar-refractivity contribution in [3.05, 3.63) is 34.9 Å². The van der Waals surface area contributed by atoms with E-state index >= 15 is 0 Å². The maximum absolute atomic E-state index is 13.0. The second kappa shape index (κ2) is 8.22. The predicted molar refractivity (Wildman–Crippen MR) is 107 cm³/mol. The molecule has 4 rings (SSSR count). The summed E-state index contributed by atoms with van der Waals surface area (Å²) in [6.07, 6.45) is 8.10. The Kier molecular flexibility index (Phi) is 5.72. The topological polar surface area (TPSA) is 40.6 Å². The summed E-state index contributed by atoms with van der Waals surface area (Å²) in [7, 11) is 0. The molecular formula is C22H29ClN2O2. The number of carbonyl (C=O) groups is 2. The maximum Gasteiger partial charge on any atom is 0.253 e. The molecule has 0 N–H and O–H groups in total. The van der Waals surface area contributed by atoms with Crippen LogP contribution in [0.1, 0.15) is 55.3 Å². The molecule has 5 heteroatoms. The lowest BCUT2D eigenvalue weighted by Gasteiger charge is -2.43. The highest BCUT2D eigenvalue weighted by molar-refractivity contribution is 6.30. The van der Waals surface area contributed by atoms with E-state index in [1.807, 2.05) is 4.90 Å². The van der Waals surface area contributed by atoms with Crippen molar-refractivity contribution in [1.82, 2.24) is 9.80 Å². The Morgan fingerprint density at radius 2 is 1.44 bits per heavy atom. The summed E-state index contributed by atoms with van der Waals surface area (Å²) in [5.74, 6) is 2.03. The number of benzene rings is 1. The quantitative estimate of drug-likeness (QED) is 0.760. The lowest BCUT2D eigenvalue weighted by atomic mass is 9.75. The Morgan fingerprint density at radius 3 is 2.15 bits per heavy atom. The predicted octanol–water partition coefficient (Wildman–Crippen LogP) is 4.23. The zero-order valence-corrected chi connectivity index (χ0v) is 16.7. The third-order valence-corrected chi connectivity index (χ3v) is 7.08. The van der Waals surface area contributed by atoms with Crippen molar-refractivity contribution in [1.29, 1.82) is 0 Å². The summed E-state index contributed by atoms with van der Waals surface area (Å²) < 4.78 is 0. The first-order chi connectivity index (χ1) is 13.1. The average Bonchev–Trinajstić information content (AvgIpc) is 2.73. The van der Waals surface area contributed by atoms with Gasteiger partial charge in [-0.05, 0) is 61.8 Å². The normalized spacial score (nSPS) is 26.6. The first kappa shape index (κ1) is 18.8. The van der Waals surface area contributed by atoms with Crippen molar-refractivity contribution in [2.75, 3.05) is 26.2 Å². The molecular weight excluding hydrogens is 360 g/mol. The number of hydrogen-bond acceptors (Lipinski definition) is 2. The Morgan fingerprint density at radius 1 is 0.815 bits per heavy atom. The van der Waals surface area contributed by atoms with Gasteiger partial charge in [-0.3, -0.25) is 9.59 Å². The first-order valence-electron chi connectivity index (χ1n) is 10.5. The SMILES string of the molecule is O=C(c1ccc(Cl)cc1)N1CCC(C(=O)N2CC[C@@H]3CCCC[C@@H]3C2)CC1. The van der Waals surface area contributed by atoms with E-state index in [-0.39, 0.29) is 11.8 Å². The smallest absolute Gasteiger partial charge is 0.253 e. The van der Waals surface area contributed by atoms with Gasteiger partial charge in [0.05, 0.1) is 0 Å². The summed E-state index contributed by atoms with van der Waals surface area (Å²) in [5.41, 5.74) is 0.670. The third-order valence-electron chi connectivity index (χ3n) is 6.83.